The van der Waals surface area contributed by atoms with Crippen molar-refractivity contribution < 1.29 is 24.2 Å². The second-order valence-electron chi connectivity index (χ2n) is 9.21. The van der Waals surface area contributed by atoms with Gasteiger partial charge >= 0.3 is 12.1 Å². The van der Waals surface area contributed by atoms with Crippen LogP contribution >= 0.6 is 11.8 Å². The molecule has 35 heavy (non-hydrogen) atoms. The summed E-state index contributed by atoms with van der Waals surface area (Å²) in [5.41, 5.74) is 4.50. The van der Waals surface area contributed by atoms with Gasteiger partial charge in [0, 0.05) is 12.0 Å². The van der Waals surface area contributed by atoms with Crippen LogP contribution in [0.4, 0.5) is 4.79 Å². The van der Waals surface area contributed by atoms with Crippen molar-refractivity contribution >= 4 is 29.7 Å². The number of aliphatic carboxylic acids is 1. The number of fused-ring (bicyclic) bond motifs is 3. The Morgan fingerprint density at radius 3 is 2.06 bits per heavy atom. The molecule has 0 heterocycles. The van der Waals surface area contributed by atoms with Crippen LogP contribution in [0.3, 0.4) is 0 Å². The van der Waals surface area contributed by atoms with E-state index in [1.807, 2.05) is 56.5 Å². The van der Waals surface area contributed by atoms with Gasteiger partial charge in [0.05, 0.1) is 5.92 Å². The monoisotopic (exact) mass is 498 g/mol. The minimum atomic E-state index is -0.960. The first kappa shape index (κ1) is 26.6. The number of carboxylic acids is 1. The van der Waals surface area contributed by atoms with Gasteiger partial charge in [-0.15, -0.1) is 0 Å². The molecule has 1 aliphatic rings. The van der Waals surface area contributed by atoms with E-state index < -0.39 is 36.0 Å². The molecule has 0 spiro atoms. The van der Waals surface area contributed by atoms with Crippen LogP contribution in [0, 0.1) is 11.8 Å². The maximum atomic E-state index is 12.9. The molecule has 3 N–H and O–H groups in total. The Hall–Kier alpha value is -3.00. The molecule has 3 rings (SSSR count). The third kappa shape index (κ3) is 6.36. The van der Waals surface area contributed by atoms with Crippen LogP contribution in [-0.2, 0) is 14.3 Å². The summed E-state index contributed by atoms with van der Waals surface area (Å²) in [5.74, 6) is -1.67. The molecule has 2 amide bonds. The van der Waals surface area contributed by atoms with E-state index in [9.17, 15) is 19.5 Å². The van der Waals surface area contributed by atoms with Crippen molar-refractivity contribution in [3.05, 3.63) is 59.7 Å². The quantitative estimate of drug-likeness (QED) is 0.421. The number of amides is 2. The maximum Gasteiger partial charge on any atom is 0.407 e. The number of alkyl carbamates (subject to hydrolysis) is 1. The van der Waals surface area contributed by atoms with E-state index in [-0.39, 0.29) is 18.4 Å². The summed E-state index contributed by atoms with van der Waals surface area (Å²) in [7, 11) is 0. The predicted octanol–water partition coefficient (Wildman–Crippen LogP) is 4.51. The minimum absolute atomic E-state index is 0.0750. The standard InChI is InChI=1S/C27H34N2O5S/c1-16(2)24(26(31)32)17(3)28-25(30)23(13-14-35-4)29-27(33)34-15-22-20-11-7-5-9-18(20)19-10-6-8-12-21(19)22/h5-12,16-17,22-24H,13-15H2,1-4H3,(H,28,30)(H,29,33)(H,31,32). The summed E-state index contributed by atoms with van der Waals surface area (Å²) in [6.45, 7) is 5.44. The van der Waals surface area contributed by atoms with Crippen LogP contribution < -0.4 is 10.6 Å². The lowest BCUT2D eigenvalue weighted by Crippen LogP contribution is -2.52. The third-order valence-corrected chi connectivity index (χ3v) is 7.12. The van der Waals surface area contributed by atoms with Gasteiger partial charge in [-0.25, -0.2) is 4.79 Å². The largest absolute Gasteiger partial charge is 0.481 e. The summed E-state index contributed by atoms with van der Waals surface area (Å²) in [6.07, 6.45) is 1.66. The van der Waals surface area contributed by atoms with E-state index in [1.165, 1.54) is 0 Å². The van der Waals surface area contributed by atoms with Crippen molar-refractivity contribution in [1.82, 2.24) is 10.6 Å². The molecule has 0 aliphatic heterocycles. The second-order valence-corrected chi connectivity index (χ2v) is 10.2. The Morgan fingerprint density at radius 1 is 0.971 bits per heavy atom. The number of carboxylic acid groups (broad SMARTS) is 1. The molecule has 8 heteroatoms. The number of hydrogen-bond acceptors (Lipinski definition) is 5. The van der Waals surface area contributed by atoms with Crippen molar-refractivity contribution in [3.8, 4) is 11.1 Å². The lowest BCUT2D eigenvalue weighted by molar-refractivity contribution is -0.144. The van der Waals surface area contributed by atoms with Gasteiger partial charge in [-0.05, 0) is 53.5 Å². The van der Waals surface area contributed by atoms with Gasteiger partial charge in [0.25, 0.3) is 0 Å². The number of carbonyl (C=O) groups excluding carboxylic acids is 2. The molecule has 7 nitrogen and oxygen atoms in total. The van der Waals surface area contributed by atoms with E-state index in [0.29, 0.717) is 12.2 Å². The fourth-order valence-electron chi connectivity index (χ4n) is 4.78. The van der Waals surface area contributed by atoms with Crippen molar-refractivity contribution in [2.75, 3.05) is 18.6 Å². The lowest BCUT2D eigenvalue weighted by Gasteiger charge is -2.27. The van der Waals surface area contributed by atoms with Gasteiger partial charge < -0.3 is 20.5 Å². The molecule has 2 aromatic rings. The fraction of sp³-hybridized carbons (Fsp3) is 0.444. The van der Waals surface area contributed by atoms with Crippen LogP contribution in [0.2, 0.25) is 0 Å². The average molecular weight is 499 g/mol. The highest BCUT2D eigenvalue weighted by Gasteiger charge is 2.32. The molecule has 1 aliphatic carbocycles. The van der Waals surface area contributed by atoms with Crippen molar-refractivity contribution in [3.63, 3.8) is 0 Å². The topological polar surface area (TPSA) is 105 Å². The molecule has 0 radical (unpaired) electrons. The Kier molecular flexibility index (Phi) is 9.20. The van der Waals surface area contributed by atoms with Crippen LogP contribution in [-0.4, -0.2) is 53.8 Å². The van der Waals surface area contributed by atoms with Gasteiger partial charge in [-0.2, -0.15) is 11.8 Å². The second kappa shape index (κ2) is 12.1. The van der Waals surface area contributed by atoms with Gasteiger partial charge in [0.15, 0.2) is 0 Å². The van der Waals surface area contributed by atoms with Crippen LogP contribution in [0.5, 0.6) is 0 Å². The van der Waals surface area contributed by atoms with Gasteiger partial charge in [-0.3, -0.25) is 9.59 Å². The molecule has 0 bridgehead atoms. The highest BCUT2D eigenvalue weighted by Crippen LogP contribution is 2.44. The average Bonchev–Trinajstić information content (AvgIpc) is 3.13. The zero-order valence-corrected chi connectivity index (χ0v) is 21.4. The molecule has 2 aromatic carbocycles. The molecule has 188 valence electrons. The summed E-state index contributed by atoms with van der Waals surface area (Å²) in [5, 5.41) is 15.0. The zero-order chi connectivity index (χ0) is 25.5. The smallest absolute Gasteiger partial charge is 0.407 e. The van der Waals surface area contributed by atoms with E-state index in [2.05, 4.69) is 22.8 Å². The lowest BCUT2D eigenvalue weighted by atomic mass is 9.89. The number of carbonyl (C=O) groups is 3. The number of thioether (sulfide) groups is 1. The summed E-state index contributed by atoms with van der Waals surface area (Å²) in [6, 6.07) is 14.8. The van der Waals surface area contributed by atoms with E-state index in [1.54, 1.807) is 18.7 Å². The molecule has 0 saturated heterocycles. The molecular formula is C27H34N2O5S. The zero-order valence-electron chi connectivity index (χ0n) is 20.6. The van der Waals surface area contributed by atoms with Gasteiger partial charge in [0.2, 0.25) is 5.91 Å². The normalized spacial score (nSPS) is 15.0. The van der Waals surface area contributed by atoms with Gasteiger partial charge in [-0.1, -0.05) is 62.4 Å². The third-order valence-electron chi connectivity index (χ3n) is 6.47. The molecule has 0 saturated carbocycles. The van der Waals surface area contributed by atoms with Crippen molar-refractivity contribution in [1.29, 1.82) is 0 Å². The summed E-state index contributed by atoms with van der Waals surface area (Å²) < 4.78 is 5.60. The Bertz CT molecular complexity index is 1010. The number of nitrogens with one attached hydrogen (secondary N) is 2. The first-order valence-electron chi connectivity index (χ1n) is 11.9. The predicted molar refractivity (Wildman–Crippen MR) is 139 cm³/mol. The van der Waals surface area contributed by atoms with Crippen LogP contribution in [0.1, 0.15) is 44.2 Å². The Balaban J connectivity index is 1.65. The SMILES string of the molecule is CSCCC(NC(=O)OCC1c2ccccc2-c2ccccc21)C(=O)NC(C)C(C(=O)O)C(C)C. The Labute approximate surface area is 211 Å². The maximum absolute atomic E-state index is 12.9. The van der Waals surface area contributed by atoms with Crippen molar-refractivity contribution in [2.24, 2.45) is 11.8 Å². The number of rotatable bonds is 11. The first-order chi connectivity index (χ1) is 16.7. The van der Waals surface area contributed by atoms with Crippen LogP contribution in [0.15, 0.2) is 48.5 Å². The van der Waals surface area contributed by atoms with E-state index in [0.717, 1.165) is 22.3 Å². The van der Waals surface area contributed by atoms with Crippen LogP contribution in [0.25, 0.3) is 11.1 Å². The van der Waals surface area contributed by atoms with Crippen molar-refractivity contribution in [2.45, 2.75) is 45.2 Å². The summed E-state index contributed by atoms with van der Waals surface area (Å²) >= 11 is 1.56. The molecular weight excluding hydrogens is 464 g/mol. The molecule has 0 aromatic heterocycles. The first-order valence-corrected chi connectivity index (χ1v) is 13.3. The highest BCUT2D eigenvalue weighted by atomic mass is 32.2. The Morgan fingerprint density at radius 2 is 1.54 bits per heavy atom. The highest BCUT2D eigenvalue weighted by molar-refractivity contribution is 7.98. The number of ether oxygens (including phenoxy) is 1. The minimum Gasteiger partial charge on any atom is -0.481 e. The summed E-state index contributed by atoms with van der Waals surface area (Å²) in [4.78, 5) is 37.3. The van der Waals surface area contributed by atoms with E-state index in [4.69, 9.17) is 4.74 Å². The molecule has 3 atom stereocenters. The fourth-order valence-corrected chi connectivity index (χ4v) is 5.25. The number of benzene rings is 2. The molecule has 0 fully saturated rings. The molecule has 3 unspecified atom stereocenters. The number of hydrogen-bond donors (Lipinski definition) is 3. The van der Waals surface area contributed by atoms with Gasteiger partial charge in [0.1, 0.15) is 12.6 Å². The van der Waals surface area contributed by atoms with E-state index >= 15 is 0 Å².